The minimum absolute atomic E-state index is 0.134. The van der Waals surface area contributed by atoms with Crippen LogP contribution in [0.4, 0.5) is 0 Å². The summed E-state index contributed by atoms with van der Waals surface area (Å²) in [5.41, 5.74) is 0.639. The van der Waals surface area contributed by atoms with E-state index in [-0.39, 0.29) is 41.5 Å². The molecular weight excluding hydrogens is 484 g/mol. The lowest BCUT2D eigenvalue weighted by Gasteiger charge is -2.15. The maximum absolute atomic E-state index is 12.8. The zero-order chi connectivity index (χ0) is 23.5. The molecule has 1 aliphatic heterocycles. The molecule has 174 valence electrons. The van der Waals surface area contributed by atoms with Gasteiger partial charge in [-0.25, -0.2) is 15.0 Å². The molecule has 4 heterocycles. The summed E-state index contributed by atoms with van der Waals surface area (Å²) in [6.45, 7) is 3.50. The number of oxazole rings is 1. The van der Waals surface area contributed by atoms with Crippen molar-refractivity contribution < 1.29 is 18.8 Å². The van der Waals surface area contributed by atoms with Crippen molar-refractivity contribution in [2.24, 2.45) is 0 Å². The number of carbonyl (C=O) groups is 3. The fourth-order valence-electron chi connectivity index (χ4n) is 3.16. The topological polar surface area (TPSA) is 139 Å². The summed E-state index contributed by atoms with van der Waals surface area (Å²) in [6, 6.07) is -0.926. The summed E-state index contributed by atoms with van der Waals surface area (Å²) >= 11 is 4.26. The van der Waals surface area contributed by atoms with E-state index in [1.54, 1.807) is 36.4 Å². The molecule has 0 saturated carbocycles. The number of amides is 3. The van der Waals surface area contributed by atoms with Crippen LogP contribution < -0.4 is 16.0 Å². The van der Waals surface area contributed by atoms with Gasteiger partial charge in [-0.1, -0.05) is 0 Å². The first-order valence-corrected chi connectivity index (χ1v) is 13.3. The standard InChI is InChI=1S/C20H22N6O4S3/c1-9-19-26-15(10(2)30-19)18(29)21-6-14-23-12(7-32-14)17(28)24-11(4-5-31-3)20-25-13(8-33-20)16(27)22-9/h7-9,11H,4-6H2,1-3H3,(H,21,29)(H,22,27)(H,24,28)/t9-,11+/m0/s1. The Bertz CT molecular complexity index is 1190. The molecular formula is C20H22N6O4S3. The van der Waals surface area contributed by atoms with Gasteiger partial charge >= 0.3 is 0 Å². The molecule has 33 heavy (non-hydrogen) atoms. The number of hydrogen-bond acceptors (Lipinski definition) is 10. The lowest BCUT2D eigenvalue weighted by atomic mass is 10.2. The normalized spacial score (nSPS) is 19.3. The van der Waals surface area contributed by atoms with Crippen LogP contribution in [0, 0.1) is 6.92 Å². The Balaban J connectivity index is 1.68. The summed E-state index contributed by atoms with van der Waals surface area (Å²) in [5, 5.41) is 13.1. The third kappa shape index (κ3) is 5.25. The molecule has 3 aromatic heterocycles. The van der Waals surface area contributed by atoms with Gasteiger partial charge in [0.2, 0.25) is 5.89 Å². The first kappa shape index (κ1) is 23.4. The van der Waals surface area contributed by atoms with Crippen LogP contribution in [-0.2, 0) is 6.54 Å². The highest BCUT2D eigenvalue weighted by molar-refractivity contribution is 7.98. The first-order valence-electron chi connectivity index (χ1n) is 10.1. The van der Waals surface area contributed by atoms with Crippen molar-refractivity contribution >= 4 is 52.2 Å². The van der Waals surface area contributed by atoms with Crippen LogP contribution in [0.1, 0.15) is 78.6 Å². The van der Waals surface area contributed by atoms with Crippen molar-refractivity contribution in [2.45, 2.75) is 38.9 Å². The monoisotopic (exact) mass is 506 g/mol. The average Bonchev–Trinajstić information content (AvgIpc) is 3.53. The summed E-state index contributed by atoms with van der Waals surface area (Å²) in [6.07, 6.45) is 2.64. The molecule has 10 nitrogen and oxygen atoms in total. The number of nitrogens with zero attached hydrogens (tertiary/aromatic N) is 3. The van der Waals surface area contributed by atoms with Gasteiger partial charge in [0.1, 0.15) is 33.2 Å². The third-order valence-electron chi connectivity index (χ3n) is 4.90. The van der Waals surface area contributed by atoms with Gasteiger partial charge in [0.25, 0.3) is 17.7 Å². The number of carbonyl (C=O) groups excluding carboxylic acids is 3. The average molecular weight is 507 g/mol. The van der Waals surface area contributed by atoms with Gasteiger partial charge in [-0.2, -0.15) is 11.8 Å². The van der Waals surface area contributed by atoms with Crippen LogP contribution in [0.25, 0.3) is 0 Å². The number of nitrogens with one attached hydrogen (secondary N) is 3. The molecule has 0 fully saturated rings. The molecule has 1 aliphatic rings. The van der Waals surface area contributed by atoms with Gasteiger partial charge in [0.15, 0.2) is 5.69 Å². The van der Waals surface area contributed by atoms with E-state index in [2.05, 4.69) is 30.9 Å². The SMILES string of the molecule is CSCC[C@H]1NC(=O)c2csc(n2)CNC(=O)c2nc(oc2C)[C@H](C)NC(=O)c2csc1n2. The molecule has 4 rings (SSSR count). The Kier molecular flexibility index (Phi) is 7.10. The van der Waals surface area contributed by atoms with Gasteiger partial charge in [0.05, 0.1) is 12.6 Å². The van der Waals surface area contributed by atoms with E-state index >= 15 is 0 Å². The molecule has 3 N–H and O–H groups in total. The molecule has 0 radical (unpaired) electrons. The fourth-order valence-corrected chi connectivity index (χ4v) is 5.23. The molecule has 0 saturated heterocycles. The molecule has 0 aromatic carbocycles. The number of thioether (sulfide) groups is 1. The maximum Gasteiger partial charge on any atom is 0.273 e. The molecule has 0 unspecified atom stereocenters. The van der Waals surface area contributed by atoms with Crippen molar-refractivity contribution in [3.63, 3.8) is 0 Å². The zero-order valence-electron chi connectivity index (χ0n) is 18.1. The van der Waals surface area contributed by atoms with Crippen LogP contribution >= 0.6 is 34.4 Å². The third-order valence-corrected chi connectivity index (χ3v) is 7.35. The lowest BCUT2D eigenvalue weighted by molar-refractivity contribution is 0.0926. The highest BCUT2D eigenvalue weighted by Gasteiger charge is 2.25. The second kappa shape index (κ2) is 10.0. The molecule has 2 atom stereocenters. The Morgan fingerprint density at radius 3 is 2.58 bits per heavy atom. The number of aromatic nitrogens is 3. The second-order valence-electron chi connectivity index (χ2n) is 7.34. The maximum atomic E-state index is 12.8. The quantitative estimate of drug-likeness (QED) is 0.493. The summed E-state index contributed by atoms with van der Waals surface area (Å²) < 4.78 is 5.63. The van der Waals surface area contributed by atoms with Crippen molar-refractivity contribution in [2.75, 3.05) is 12.0 Å². The highest BCUT2D eigenvalue weighted by Crippen LogP contribution is 2.25. The van der Waals surface area contributed by atoms with Crippen molar-refractivity contribution in [3.8, 4) is 0 Å². The van der Waals surface area contributed by atoms with Gasteiger partial charge in [-0.3, -0.25) is 14.4 Å². The first-order chi connectivity index (χ1) is 15.9. The molecule has 0 aliphatic carbocycles. The smallest absolute Gasteiger partial charge is 0.273 e. The van der Waals surface area contributed by atoms with E-state index < -0.39 is 17.9 Å². The van der Waals surface area contributed by atoms with Crippen LogP contribution in [0.2, 0.25) is 0 Å². The Hall–Kier alpha value is -2.77. The number of fused-ring (bicyclic) bond motifs is 6. The molecule has 0 spiro atoms. The van der Waals surface area contributed by atoms with E-state index in [1.165, 1.54) is 22.7 Å². The molecule has 6 bridgehead atoms. The summed E-state index contributed by atoms with van der Waals surface area (Å²) in [5.74, 6) is 0.223. The van der Waals surface area contributed by atoms with Crippen LogP contribution in [0.15, 0.2) is 15.2 Å². The number of thiazole rings is 2. The van der Waals surface area contributed by atoms with E-state index in [0.29, 0.717) is 22.2 Å². The van der Waals surface area contributed by atoms with E-state index in [4.69, 9.17) is 4.42 Å². The van der Waals surface area contributed by atoms with E-state index in [1.807, 2.05) is 6.26 Å². The van der Waals surface area contributed by atoms with Crippen LogP contribution in [0.3, 0.4) is 0 Å². The Morgan fingerprint density at radius 2 is 1.79 bits per heavy atom. The van der Waals surface area contributed by atoms with Crippen molar-refractivity contribution in [1.82, 2.24) is 30.9 Å². The number of aryl methyl sites for hydroxylation is 1. The Morgan fingerprint density at radius 1 is 1.06 bits per heavy atom. The van der Waals surface area contributed by atoms with Gasteiger partial charge in [-0.15, -0.1) is 22.7 Å². The van der Waals surface area contributed by atoms with E-state index in [0.717, 1.165) is 5.75 Å². The van der Waals surface area contributed by atoms with Crippen molar-refractivity contribution in [1.29, 1.82) is 0 Å². The summed E-state index contributed by atoms with van der Waals surface area (Å²) in [7, 11) is 0. The predicted octanol–water partition coefficient (Wildman–Crippen LogP) is 2.85. The molecule has 3 amide bonds. The minimum atomic E-state index is -0.574. The zero-order valence-corrected chi connectivity index (χ0v) is 20.6. The fraction of sp³-hybridized carbons (Fsp3) is 0.400. The predicted molar refractivity (Wildman–Crippen MR) is 126 cm³/mol. The largest absolute Gasteiger partial charge is 0.443 e. The lowest BCUT2D eigenvalue weighted by Crippen LogP contribution is -2.30. The summed E-state index contributed by atoms with van der Waals surface area (Å²) in [4.78, 5) is 51.3. The molecule has 13 heteroatoms. The Labute approximate surface area is 202 Å². The van der Waals surface area contributed by atoms with Crippen LogP contribution in [0.5, 0.6) is 0 Å². The minimum Gasteiger partial charge on any atom is -0.443 e. The van der Waals surface area contributed by atoms with Crippen molar-refractivity contribution in [3.05, 3.63) is 49.5 Å². The van der Waals surface area contributed by atoms with Gasteiger partial charge < -0.3 is 20.4 Å². The van der Waals surface area contributed by atoms with Gasteiger partial charge in [0, 0.05) is 10.8 Å². The second-order valence-corrected chi connectivity index (χ2v) is 10.2. The van der Waals surface area contributed by atoms with Crippen LogP contribution in [-0.4, -0.2) is 44.7 Å². The number of rotatable bonds is 3. The van der Waals surface area contributed by atoms with E-state index in [9.17, 15) is 14.4 Å². The highest BCUT2D eigenvalue weighted by atomic mass is 32.2. The molecule has 3 aromatic rings. The van der Waals surface area contributed by atoms with Gasteiger partial charge in [-0.05, 0) is 32.3 Å². The number of hydrogen-bond donors (Lipinski definition) is 3.